The average Bonchev–Trinajstić information content (AvgIpc) is 2.88. The number of nitrogens with zero attached hydrogens (tertiary/aromatic N) is 4. The first-order valence-electron chi connectivity index (χ1n) is 10.1. The van der Waals surface area contributed by atoms with Crippen molar-refractivity contribution in [2.75, 3.05) is 34.4 Å². The third kappa shape index (κ3) is 4.10. The fourth-order valence-electron chi connectivity index (χ4n) is 3.54. The minimum absolute atomic E-state index is 0.0130. The quantitative estimate of drug-likeness (QED) is 0.541. The van der Waals surface area contributed by atoms with Crippen LogP contribution < -0.4 is 19.3 Å². The van der Waals surface area contributed by atoms with E-state index in [0.29, 0.717) is 5.69 Å². The zero-order chi connectivity index (χ0) is 24.6. The number of carbonyl (C=O) groups is 2. The number of para-hydroxylation sites is 1. The molecule has 0 saturated heterocycles. The van der Waals surface area contributed by atoms with Crippen molar-refractivity contribution in [3.8, 4) is 5.75 Å². The van der Waals surface area contributed by atoms with E-state index in [9.17, 15) is 23.1 Å². The average molecular weight is 484 g/mol. The fraction of sp³-hybridized carbons (Fsp3) is 0.182. The van der Waals surface area contributed by atoms with Gasteiger partial charge in [0.25, 0.3) is 5.91 Å². The minimum atomic E-state index is -3.90. The van der Waals surface area contributed by atoms with Crippen LogP contribution in [0, 0.1) is 0 Å². The monoisotopic (exact) mass is 483 g/mol. The topological polar surface area (TPSA) is 142 Å². The Morgan fingerprint density at radius 1 is 1.18 bits per heavy atom. The normalized spacial score (nSPS) is 13.1. The van der Waals surface area contributed by atoms with Gasteiger partial charge in [-0.3, -0.25) is 4.79 Å². The SMILES string of the molecule is CCOc1cc(C(=O)O)ccc1Nc1ncc2c(n1)N(S(C)(=O)=O)c1ccccc1C(=O)N2C. The van der Waals surface area contributed by atoms with Crippen molar-refractivity contribution in [3.05, 3.63) is 59.8 Å². The van der Waals surface area contributed by atoms with Crippen LogP contribution in [0.15, 0.2) is 48.7 Å². The van der Waals surface area contributed by atoms with E-state index >= 15 is 0 Å². The van der Waals surface area contributed by atoms with Crippen molar-refractivity contribution in [1.82, 2.24) is 9.97 Å². The lowest BCUT2D eigenvalue weighted by Gasteiger charge is -2.23. The van der Waals surface area contributed by atoms with Gasteiger partial charge < -0.3 is 20.1 Å². The predicted octanol–water partition coefficient (Wildman–Crippen LogP) is 3.00. The lowest BCUT2D eigenvalue weighted by molar-refractivity contribution is 0.0696. The fourth-order valence-corrected chi connectivity index (χ4v) is 4.50. The number of carbonyl (C=O) groups excluding carboxylic acids is 1. The predicted molar refractivity (Wildman–Crippen MR) is 126 cm³/mol. The number of aromatic nitrogens is 2. The Kier molecular flexibility index (Phi) is 5.83. The summed E-state index contributed by atoms with van der Waals surface area (Å²) in [5.41, 5.74) is 0.994. The molecule has 0 bridgehead atoms. The van der Waals surface area contributed by atoms with Crippen LogP contribution >= 0.6 is 0 Å². The summed E-state index contributed by atoms with van der Waals surface area (Å²) in [4.78, 5) is 34.3. The molecule has 0 saturated carbocycles. The molecule has 0 aliphatic carbocycles. The van der Waals surface area contributed by atoms with Crippen LogP contribution in [0.2, 0.25) is 0 Å². The number of rotatable bonds is 6. The lowest BCUT2D eigenvalue weighted by atomic mass is 10.1. The third-order valence-corrected chi connectivity index (χ3v) is 6.10. The van der Waals surface area contributed by atoms with Crippen LogP contribution in [-0.2, 0) is 10.0 Å². The van der Waals surface area contributed by atoms with Gasteiger partial charge in [0.15, 0.2) is 5.82 Å². The second kappa shape index (κ2) is 8.63. The zero-order valence-corrected chi connectivity index (χ0v) is 19.3. The lowest BCUT2D eigenvalue weighted by Crippen LogP contribution is -2.27. The Morgan fingerprint density at radius 3 is 2.59 bits per heavy atom. The van der Waals surface area contributed by atoms with Crippen LogP contribution in [-0.4, -0.2) is 55.3 Å². The highest BCUT2D eigenvalue weighted by molar-refractivity contribution is 7.92. The Hall–Kier alpha value is -4.19. The van der Waals surface area contributed by atoms with Gasteiger partial charge in [-0.15, -0.1) is 0 Å². The van der Waals surface area contributed by atoms with E-state index in [0.717, 1.165) is 10.6 Å². The van der Waals surface area contributed by atoms with E-state index in [1.165, 1.54) is 42.4 Å². The first-order valence-corrected chi connectivity index (χ1v) is 12.0. The molecule has 34 heavy (non-hydrogen) atoms. The largest absolute Gasteiger partial charge is 0.492 e. The summed E-state index contributed by atoms with van der Waals surface area (Å²) in [6.45, 7) is 2.04. The Balaban J connectivity index is 1.85. The van der Waals surface area contributed by atoms with E-state index in [1.807, 2.05) is 0 Å². The van der Waals surface area contributed by atoms with Crippen molar-refractivity contribution in [1.29, 1.82) is 0 Å². The van der Waals surface area contributed by atoms with Crippen LogP contribution in [0.4, 0.5) is 28.8 Å². The Morgan fingerprint density at radius 2 is 1.91 bits per heavy atom. The van der Waals surface area contributed by atoms with Crippen LogP contribution in [0.5, 0.6) is 5.75 Å². The number of carboxylic acid groups (broad SMARTS) is 1. The number of fused-ring (bicyclic) bond motifs is 2. The van der Waals surface area contributed by atoms with Gasteiger partial charge in [0.2, 0.25) is 16.0 Å². The molecular weight excluding hydrogens is 462 g/mol. The summed E-state index contributed by atoms with van der Waals surface area (Å²) < 4.78 is 32.2. The number of ether oxygens (including phenoxy) is 1. The number of nitrogens with one attached hydrogen (secondary N) is 1. The molecule has 0 spiro atoms. The molecule has 2 heterocycles. The smallest absolute Gasteiger partial charge is 0.335 e. The van der Waals surface area contributed by atoms with E-state index in [4.69, 9.17) is 4.74 Å². The van der Waals surface area contributed by atoms with Gasteiger partial charge in [0.1, 0.15) is 11.4 Å². The highest BCUT2D eigenvalue weighted by atomic mass is 32.2. The molecule has 2 N–H and O–H groups in total. The van der Waals surface area contributed by atoms with Crippen molar-refractivity contribution >= 4 is 50.7 Å². The van der Waals surface area contributed by atoms with Gasteiger partial charge in [-0.1, -0.05) is 12.1 Å². The van der Waals surface area contributed by atoms with Gasteiger partial charge in [-0.2, -0.15) is 4.98 Å². The van der Waals surface area contributed by atoms with Crippen molar-refractivity contribution in [2.45, 2.75) is 6.92 Å². The second-order valence-corrected chi connectivity index (χ2v) is 9.22. The summed E-state index contributed by atoms with van der Waals surface area (Å²) in [6.07, 6.45) is 2.37. The summed E-state index contributed by atoms with van der Waals surface area (Å²) in [5, 5.41) is 12.2. The molecule has 1 amide bonds. The molecule has 1 aromatic heterocycles. The number of aromatic carboxylic acids is 1. The molecule has 4 rings (SSSR count). The van der Waals surface area contributed by atoms with E-state index in [1.54, 1.807) is 25.1 Å². The van der Waals surface area contributed by atoms with Crippen LogP contribution in [0.1, 0.15) is 27.6 Å². The Labute approximate surface area is 195 Å². The molecule has 176 valence electrons. The molecule has 12 heteroatoms. The van der Waals surface area contributed by atoms with Gasteiger partial charge >= 0.3 is 5.97 Å². The molecule has 2 aromatic carbocycles. The number of carboxylic acids is 1. The summed E-state index contributed by atoms with van der Waals surface area (Å²) in [7, 11) is -2.39. The van der Waals surface area contributed by atoms with Gasteiger partial charge in [0, 0.05) is 7.05 Å². The number of benzene rings is 2. The summed E-state index contributed by atoms with van der Waals surface area (Å²) in [5.74, 6) is -1.24. The van der Waals surface area contributed by atoms with E-state index in [-0.39, 0.29) is 46.6 Å². The molecular formula is C22H21N5O6S. The third-order valence-electron chi connectivity index (χ3n) is 5.07. The zero-order valence-electron chi connectivity index (χ0n) is 18.5. The maximum absolute atomic E-state index is 13.0. The van der Waals surface area contributed by atoms with Gasteiger partial charge in [-0.05, 0) is 37.3 Å². The number of hydrogen-bond donors (Lipinski definition) is 2. The molecule has 0 atom stereocenters. The number of anilines is 5. The van der Waals surface area contributed by atoms with E-state index in [2.05, 4.69) is 15.3 Å². The van der Waals surface area contributed by atoms with Crippen molar-refractivity contribution in [3.63, 3.8) is 0 Å². The Bertz CT molecular complexity index is 1410. The summed E-state index contributed by atoms with van der Waals surface area (Å²) in [6, 6.07) is 10.6. The second-order valence-electron chi connectivity index (χ2n) is 7.39. The maximum Gasteiger partial charge on any atom is 0.335 e. The molecule has 0 unspecified atom stereocenters. The number of amides is 1. The number of hydrogen-bond acceptors (Lipinski definition) is 8. The molecule has 11 nitrogen and oxygen atoms in total. The molecule has 0 fully saturated rings. The summed E-state index contributed by atoms with van der Waals surface area (Å²) >= 11 is 0. The molecule has 1 aliphatic heterocycles. The number of sulfonamides is 1. The molecule has 0 radical (unpaired) electrons. The standard InChI is InChI=1S/C22H21N5O6S/c1-4-33-18-11-13(21(29)30)9-10-15(18)24-22-23-12-17-19(25-22)27(34(3,31)32)16-8-6-5-7-14(16)20(28)26(17)2/h5-12H,4H2,1-3H3,(H,29,30)(H,23,24,25). The maximum atomic E-state index is 13.0. The highest BCUT2D eigenvalue weighted by Gasteiger charge is 2.35. The van der Waals surface area contributed by atoms with Gasteiger partial charge in [-0.25, -0.2) is 22.5 Å². The molecule has 1 aliphatic rings. The van der Waals surface area contributed by atoms with E-state index < -0.39 is 21.9 Å². The first-order chi connectivity index (χ1) is 16.1. The van der Waals surface area contributed by atoms with Crippen molar-refractivity contribution in [2.24, 2.45) is 0 Å². The van der Waals surface area contributed by atoms with Gasteiger partial charge in [0.05, 0.1) is 41.6 Å². The van der Waals surface area contributed by atoms with Crippen molar-refractivity contribution < 1.29 is 27.9 Å². The first kappa shape index (κ1) is 23.0. The molecule has 3 aromatic rings. The van der Waals surface area contributed by atoms with Crippen LogP contribution in [0.3, 0.4) is 0 Å². The highest BCUT2D eigenvalue weighted by Crippen LogP contribution is 2.41. The van der Waals surface area contributed by atoms with Crippen LogP contribution in [0.25, 0.3) is 0 Å². The minimum Gasteiger partial charge on any atom is -0.492 e.